The summed E-state index contributed by atoms with van der Waals surface area (Å²) in [7, 11) is 0. The third-order valence-electron chi connectivity index (χ3n) is 5.12. The molecule has 0 radical (unpaired) electrons. The van der Waals surface area contributed by atoms with E-state index in [0.717, 1.165) is 35.4 Å². The molecule has 1 atom stereocenters. The van der Waals surface area contributed by atoms with Crippen LogP contribution in [0.15, 0.2) is 36.4 Å². The first-order valence-electron chi connectivity index (χ1n) is 8.48. The second kappa shape index (κ2) is 5.62. The molecule has 25 heavy (non-hydrogen) atoms. The predicted molar refractivity (Wildman–Crippen MR) is 94.7 cm³/mol. The first-order chi connectivity index (χ1) is 12.0. The van der Waals surface area contributed by atoms with Gasteiger partial charge in [0.25, 0.3) is 0 Å². The molecule has 0 saturated carbocycles. The lowest BCUT2D eigenvalue weighted by atomic mass is 9.76. The molecule has 2 aromatic carbocycles. The number of hydrogen-bond donors (Lipinski definition) is 2. The SMILES string of the molecule is CC(N)=O.O=C1Nc2ccccc2C12COc1cc3c(cc12)CCC3. The number of aryl methyl sites for hydroxylation is 2. The van der Waals surface area contributed by atoms with Crippen molar-refractivity contribution in [2.24, 2.45) is 5.73 Å². The molecule has 0 bridgehead atoms. The molecule has 1 aliphatic carbocycles. The Kier molecular flexibility index (Phi) is 3.53. The predicted octanol–water partition coefficient (Wildman–Crippen LogP) is 2.30. The van der Waals surface area contributed by atoms with Gasteiger partial charge >= 0.3 is 0 Å². The molecule has 2 aliphatic heterocycles. The van der Waals surface area contributed by atoms with Gasteiger partial charge in [-0.25, -0.2) is 0 Å². The Hall–Kier alpha value is -2.82. The van der Waals surface area contributed by atoms with E-state index in [1.807, 2.05) is 24.3 Å². The smallest absolute Gasteiger partial charge is 0.243 e. The Balaban J connectivity index is 0.000000358. The Bertz CT molecular complexity index is 887. The van der Waals surface area contributed by atoms with Crippen LogP contribution in [0.25, 0.3) is 0 Å². The number of primary amides is 1. The van der Waals surface area contributed by atoms with Crippen molar-refractivity contribution in [3.63, 3.8) is 0 Å². The maximum Gasteiger partial charge on any atom is 0.243 e. The minimum absolute atomic E-state index is 0.0420. The molecule has 128 valence electrons. The average molecular weight is 336 g/mol. The van der Waals surface area contributed by atoms with Crippen molar-refractivity contribution in [2.45, 2.75) is 31.6 Å². The zero-order valence-electron chi connectivity index (χ0n) is 14.1. The van der Waals surface area contributed by atoms with Crippen LogP contribution < -0.4 is 15.8 Å². The number of nitrogens with one attached hydrogen (secondary N) is 1. The molecule has 5 nitrogen and oxygen atoms in total. The van der Waals surface area contributed by atoms with Crippen LogP contribution in [0.3, 0.4) is 0 Å². The fourth-order valence-electron chi connectivity index (χ4n) is 4.04. The van der Waals surface area contributed by atoms with Gasteiger partial charge in [-0.05, 0) is 48.1 Å². The molecule has 0 aromatic heterocycles. The van der Waals surface area contributed by atoms with Crippen LogP contribution in [0.5, 0.6) is 5.75 Å². The molecule has 3 N–H and O–H groups in total. The first-order valence-corrected chi connectivity index (χ1v) is 8.48. The molecule has 5 heteroatoms. The number of rotatable bonds is 0. The number of ether oxygens (including phenoxy) is 1. The lowest BCUT2D eigenvalue weighted by Gasteiger charge is -2.20. The van der Waals surface area contributed by atoms with Crippen molar-refractivity contribution in [1.82, 2.24) is 0 Å². The number of anilines is 1. The normalized spacial score (nSPS) is 21.6. The van der Waals surface area contributed by atoms with E-state index >= 15 is 0 Å². The van der Waals surface area contributed by atoms with Gasteiger partial charge in [0.1, 0.15) is 17.8 Å². The van der Waals surface area contributed by atoms with E-state index in [1.165, 1.54) is 24.5 Å². The Labute approximate surface area is 146 Å². The maximum absolute atomic E-state index is 12.7. The monoisotopic (exact) mass is 336 g/mol. The van der Waals surface area contributed by atoms with Crippen LogP contribution in [-0.4, -0.2) is 18.4 Å². The average Bonchev–Trinajstić information content (AvgIpc) is 3.23. The number of carbonyl (C=O) groups is 2. The van der Waals surface area contributed by atoms with Crippen molar-refractivity contribution in [1.29, 1.82) is 0 Å². The van der Waals surface area contributed by atoms with Crippen molar-refractivity contribution in [3.05, 3.63) is 58.7 Å². The highest BCUT2D eigenvalue weighted by Crippen LogP contribution is 2.51. The number of nitrogens with two attached hydrogens (primary N) is 1. The molecule has 1 unspecified atom stereocenters. The van der Waals surface area contributed by atoms with Gasteiger partial charge in [-0.15, -0.1) is 0 Å². The summed E-state index contributed by atoms with van der Waals surface area (Å²) in [6.07, 6.45) is 3.44. The van der Waals surface area contributed by atoms with Gasteiger partial charge in [-0.3, -0.25) is 9.59 Å². The molecule has 1 spiro atoms. The number of fused-ring (bicyclic) bond motifs is 5. The van der Waals surface area contributed by atoms with Crippen molar-refractivity contribution in [3.8, 4) is 5.75 Å². The van der Waals surface area contributed by atoms with Gasteiger partial charge in [0.15, 0.2) is 0 Å². The quantitative estimate of drug-likeness (QED) is 0.774. The molecule has 0 saturated heterocycles. The molecule has 2 amide bonds. The van der Waals surface area contributed by atoms with E-state index < -0.39 is 5.41 Å². The number of carbonyl (C=O) groups excluding carboxylic acids is 2. The van der Waals surface area contributed by atoms with E-state index in [0.29, 0.717) is 6.61 Å². The third-order valence-corrected chi connectivity index (χ3v) is 5.12. The molecule has 2 aromatic rings. The molecule has 0 fully saturated rings. The molecular weight excluding hydrogens is 316 g/mol. The van der Waals surface area contributed by atoms with E-state index in [4.69, 9.17) is 4.74 Å². The molecule has 3 aliphatic rings. The summed E-state index contributed by atoms with van der Waals surface area (Å²) in [4.78, 5) is 21.9. The van der Waals surface area contributed by atoms with Crippen molar-refractivity contribution >= 4 is 17.5 Å². The molecular formula is C20H20N2O3. The first kappa shape index (κ1) is 15.7. The zero-order chi connectivity index (χ0) is 17.6. The summed E-state index contributed by atoms with van der Waals surface area (Å²) < 4.78 is 5.93. The van der Waals surface area contributed by atoms with E-state index in [9.17, 15) is 9.59 Å². The highest BCUT2D eigenvalue weighted by molar-refractivity contribution is 6.09. The summed E-state index contributed by atoms with van der Waals surface area (Å²) in [6.45, 7) is 1.72. The van der Waals surface area contributed by atoms with Crippen molar-refractivity contribution < 1.29 is 14.3 Å². The number of para-hydroxylation sites is 1. The highest BCUT2D eigenvalue weighted by atomic mass is 16.5. The number of benzene rings is 2. The highest BCUT2D eigenvalue weighted by Gasteiger charge is 2.54. The minimum atomic E-state index is -0.649. The standard InChI is InChI=1S/C18H15NO2.C2H5NO/c20-17-18(13-6-1-2-7-15(13)19-17)10-21-16-9-12-5-3-4-11(12)8-14(16)18;1-2(3)4/h1-2,6-9H,3-5,10H2,(H,19,20);1H3,(H2,3,4). The Morgan fingerprint density at radius 1 is 1.16 bits per heavy atom. The minimum Gasteiger partial charge on any atom is -0.491 e. The number of amides is 2. The summed E-state index contributed by atoms with van der Waals surface area (Å²) >= 11 is 0. The van der Waals surface area contributed by atoms with Crippen LogP contribution in [0.1, 0.15) is 35.6 Å². The van der Waals surface area contributed by atoms with Gasteiger partial charge < -0.3 is 15.8 Å². The fourth-order valence-corrected chi connectivity index (χ4v) is 4.04. The van der Waals surface area contributed by atoms with Crippen LogP contribution >= 0.6 is 0 Å². The van der Waals surface area contributed by atoms with Gasteiger partial charge in [-0.1, -0.05) is 24.3 Å². The molecule has 5 rings (SSSR count). The van der Waals surface area contributed by atoms with Crippen LogP contribution in [0.4, 0.5) is 5.69 Å². The van der Waals surface area contributed by atoms with Gasteiger partial charge in [0.2, 0.25) is 11.8 Å². The lowest BCUT2D eigenvalue weighted by Crippen LogP contribution is -2.37. The van der Waals surface area contributed by atoms with Crippen LogP contribution in [-0.2, 0) is 27.8 Å². The van der Waals surface area contributed by atoms with Crippen molar-refractivity contribution in [2.75, 3.05) is 11.9 Å². The number of hydrogen-bond acceptors (Lipinski definition) is 3. The summed E-state index contributed by atoms with van der Waals surface area (Å²) in [5.74, 6) is 0.600. The van der Waals surface area contributed by atoms with E-state index in [2.05, 4.69) is 23.2 Å². The van der Waals surface area contributed by atoms with Gasteiger partial charge in [0.05, 0.1) is 0 Å². The lowest BCUT2D eigenvalue weighted by molar-refractivity contribution is -0.119. The fraction of sp³-hybridized carbons (Fsp3) is 0.300. The molecule has 2 heterocycles. The topological polar surface area (TPSA) is 81.4 Å². The summed E-state index contributed by atoms with van der Waals surface area (Å²) in [5, 5.41) is 3.02. The Morgan fingerprint density at radius 2 is 1.84 bits per heavy atom. The zero-order valence-corrected chi connectivity index (χ0v) is 14.1. The summed E-state index contributed by atoms with van der Waals surface area (Å²) in [5.41, 5.74) is 9.61. The van der Waals surface area contributed by atoms with Gasteiger partial charge in [-0.2, -0.15) is 0 Å². The second-order valence-electron chi connectivity index (χ2n) is 6.77. The Morgan fingerprint density at radius 3 is 2.60 bits per heavy atom. The van der Waals surface area contributed by atoms with E-state index in [1.54, 1.807) is 0 Å². The third kappa shape index (κ3) is 2.30. The van der Waals surface area contributed by atoms with E-state index in [-0.39, 0.29) is 11.8 Å². The second-order valence-corrected chi connectivity index (χ2v) is 6.77. The van der Waals surface area contributed by atoms with Gasteiger partial charge in [0, 0.05) is 18.2 Å². The van der Waals surface area contributed by atoms with Crippen LogP contribution in [0, 0.1) is 0 Å². The largest absolute Gasteiger partial charge is 0.491 e. The van der Waals surface area contributed by atoms with Crippen LogP contribution in [0.2, 0.25) is 0 Å². The maximum atomic E-state index is 12.7. The summed E-state index contributed by atoms with van der Waals surface area (Å²) in [6, 6.07) is 12.3.